The van der Waals surface area contributed by atoms with E-state index >= 15 is 0 Å². The average molecular weight is 470 g/mol. The third-order valence-electron chi connectivity index (χ3n) is 6.94. The molecule has 0 saturated heterocycles. The predicted molar refractivity (Wildman–Crippen MR) is 141 cm³/mol. The number of thiazole rings is 1. The molecule has 1 aliphatic carbocycles. The Kier molecular flexibility index (Phi) is 6.91. The topological polar surface area (TPSA) is 45.2 Å². The van der Waals surface area contributed by atoms with Crippen molar-refractivity contribution in [3.63, 3.8) is 0 Å². The summed E-state index contributed by atoms with van der Waals surface area (Å²) < 4.78 is 1.09. The van der Waals surface area contributed by atoms with Crippen LogP contribution < -0.4 is 5.32 Å². The van der Waals surface area contributed by atoms with Gasteiger partial charge in [0, 0.05) is 18.5 Å². The largest absolute Gasteiger partial charge is 0.323 e. The Bertz CT molecular complexity index is 1150. The highest BCUT2D eigenvalue weighted by Crippen LogP contribution is 2.33. The molecular formula is C29H31N3OS. The molecule has 4 nitrogen and oxygen atoms in total. The predicted octanol–water partition coefficient (Wildman–Crippen LogP) is 7.54. The first-order valence-corrected chi connectivity index (χ1v) is 13.0. The Morgan fingerprint density at radius 2 is 1.62 bits per heavy atom. The van der Waals surface area contributed by atoms with Crippen molar-refractivity contribution in [1.82, 2.24) is 9.88 Å². The van der Waals surface area contributed by atoms with Gasteiger partial charge >= 0.3 is 6.03 Å². The summed E-state index contributed by atoms with van der Waals surface area (Å²) in [7, 11) is 0. The molecule has 1 aliphatic rings. The second-order valence-corrected chi connectivity index (χ2v) is 10.4. The Labute approximate surface area is 205 Å². The van der Waals surface area contributed by atoms with Gasteiger partial charge in [0.15, 0.2) is 5.13 Å². The van der Waals surface area contributed by atoms with Crippen LogP contribution in [0.4, 0.5) is 9.93 Å². The van der Waals surface area contributed by atoms with Crippen LogP contribution in [0.25, 0.3) is 10.2 Å². The lowest BCUT2D eigenvalue weighted by Gasteiger charge is -2.31. The molecular weight excluding hydrogens is 438 g/mol. The van der Waals surface area contributed by atoms with Crippen LogP contribution in [0.1, 0.15) is 49.7 Å². The standard InChI is InChI=1S/C29H31N3OS/c1-21-16-17-24(20-21)32(29(33)31-28-30-26-14-8-9-15-27(26)34-28)19-18-25(22-10-4-2-5-11-22)23-12-6-3-7-13-23/h2-15,21,24-25H,16-20H2,1H3,(H,30,31,33). The molecule has 2 atom stereocenters. The maximum absolute atomic E-state index is 13.6. The van der Waals surface area contributed by atoms with E-state index in [9.17, 15) is 4.79 Å². The molecule has 1 saturated carbocycles. The first kappa shape index (κ1) is 22.6. The number of carbonyl (C=O) groups excluding carboxylic acids is 1. The van der Waals surface area contributed by atoms with Crippen LogP contribution in [0.5, 0.6) is 0 Å². The number of carbonyl (C=O) groups is 1. The molecule has 0 spiro atoms. The second-order valence-electron chi connectivity index (χ2n) is 9.34. The molecule has 1 heterocycles. The molecule has 5 heteroatoms. The van der Waals surface area contributed by atoms with Crippen LogP contribution in [0.2, 0.25) is 0 Å². The summed E-state index contributed by atoms with van der Waals surface area (Å²) in [6, 6.07) is 29.6. The number of rotatable bonds is 7. The summed E-state index contributed by atoms with van der Waals surface area (Å²) in [5.74, 6) is 0.903. The monoisotopic (exact) mass is 469 g/mol. The van der Waals surface area contributed by atoms with Gasteiger partial charge in [0.2, 0.25) is 0 Å². The van der Waals surface area contributed by atoms with Gasteiger partial charge in [0.1, 0.15) is 0 Å². The molecule has 0 aliphatic heterocycles. The number of fused-ring (bicyclic) bond motifs is 1. The minimum absolute atomic E-state index is 0.0296. The highest BCUT2D eigenvalue weighted by Gasteiger charge is 2.31. The maximum Gasteiger partial charge on any atom is 0.323 e. The number of aromatic nitrogens is 1. The number of hydrogen-bond acceptors (Lipinski definition) is 3. The Morgan fingerprint density at radius 1 is 0.971 bits per heavy atom. The van der Waals surface area contributed by atoms with Gasteiger partial charge in [-0.2, -0.15) is 0 Å². The van der Waals surface area contributed by atoms with E-state index in [1.165, 1.54) is 28.9 Å². The van der Waals surface area contributed by atoms with E-state index in [0.29, 0.717) is 17.6 Å². The summed E-state index contributed by atoms with van der Waals surface area (Å²) in [6.07, 6.45) is 4.19. The normalized spacial score (nSPS) is 17.8. The van der Waals surface area contributed by atoms with Gasteiger partial charge in [-0.05, 0) is 54.9 Å². The lowest BCUT2D eigenvalue weighted by atomic mass is 9.88. The average Bonchev–Trinajstić information content (AvgIpc) is 3.48. The second kappa shape index (κ2) is 10.4. The van der Waals surface area contributed by atoms with Crippen LogP contribution in [0.15, 0.2) is 84.9 Å². The summed E-state index contributed by atoms with van der Waals surface area (Å²) in [4.78, 5) is 20.3. The van der Waals surface area contributed by atoms with E-state index < -0.39 is 0 Å². The summed E-state index contributed by atoms with van der Waals surface area (Å²) in [6.45, 7) is 3.00. The van der Waals surface area contributed by atoms with Crippen LogP contribution in [-0.2, 0) is 0 Å². The van der Waals surface area contributed by atoms with Crippen molar-refractivity contribution in [3.05, 3.63) is 96.1 Å². The Morgan fingerprint density at radius 3 is 2.24 bits per heavy atom. The zero-order valence-corrected chi connectivity index (χ0v) is 20.4. The Hall–Kier alpha value is -3.18. The molecule has 0 bridgehead atoms. The van der Waals surface area contributed by atoms with Crippen molar-refractivity contribution in [3.8, 4) is 0 Å². The van der Waals surface area contributed by atoms with E-state index in [1.54, 1.807) is 0 Å². The summed E-state index contributed by atoms with van der Waals surface area (Å²) in [5, 5.41) is 3.79. The molecule has 3 aromatic carbocycles. The fourth-order valence-electron chi connectivity index (χ4n) is 5.16. The van der Waals surface area contributed by atoms with E-state index in [1.807, 2.05) is 24.3 Å². The minimum atomic E-state index is -0.0296. The van der Waals surface area contributed by atoms with Gasteiger partial charge in [0.05, 0.1) is 10.2 Å². The lowest BCUT2D eigenvalue weighted by molar-refractivity contribution is 0.185. The molecule has 1 fully saturated rings. The van der Waals surface area contributed by atoms with Crippen LogP contribution in [0, 0.1) is 5.92 Å². The van der Waals surface area contributed by atoms with E-state index in [4.69, 9.17) is 0 Å². The molecule has 1 N–H and O–H groups in total. The Balaban J connectivity index is 1.37. The van der Waals surface area contributed by atoms with Gasteiger partial charge in [0.25, 0.3) is 0 Å². The van der Waals surface area contributed by atoms with E-state index in [2.05, 4.69) is 82.8 Å². The number of anilines is 1. The van der Waals surface area contributed by atoms with Crippen LogP contribution >= 0.6 is 11.3 Å². The number of nitrogens with zero attached hydrogens (tertiary/aromatic N) is 2. The van der Waals surface area contributed by atoms with Gasteiger partial charge < -0.3 is 4.90 Å². The van der Waals surface area contributed by atoms with Gasteiger partial charge in [-0.25, -0.2) is 9.78 Å². The molecule has 4 aromatic rings. The number of urea groups is 1. The highest BCUT2D eigenvalue weighted by atomic mass is 32.1. The molecule has 2 amide bonds. The van der Waals surface area contributed by atoms with Crippen molar-refractivity contribution in [2.24, 2.45) is 5.92 Å². The zero-order chi connectivity index (χ0) is 23.3. The number of para-hydroxylation sites is 1. The van der Waals surface area contributed by atoms with Crippen molar-refractivity contribution >= 4 is 32.7 Å². The lowest BCUT2D eigenvalue weighted by Crippen LogP contribution is -2.42. The summed E-state index contributed by atoms with van der Waals surface area (Å²) >= 11 is 1.53. The van der Waals surface area contributed by atoms with E-state index in [0.717, 1.165) is 29.5 Å². The van der Waals surface area contributed by atoms with E-state index in [-0.39, 0.29) is 18.0 Å². The molecule has 1 aromatic heterocycles. The van der Waals surface area contributed by atoms with Crippen LogP contribution in [-0.4, -0.2) is 28.5 Å². The molecule has 34 heavy (non-hydrogen) atoms. The fourth-order valence-corrected chi connectivity index (χ4v) is 6.02. The number of hydrogen-bond donors (Lipinski definition) is 1. The number of benzene rings is 3. The van der Waals surface area contributed by atoms with Crippen molar-refractivity contribution in [1.29, 1.82) is 0 Å². The SMILES string of the molecule is CC1CCC(N(CCC(c2ccccc2)c2ccccc2)C(=O)Nc2nc3ccccc3s2)C1. The summed E-state index contributed by atoms with van der Waals surface area (Å²) in [5.41, 5.74) is 3.51. The molecule has 174 valence electrons. The molecule has 0 radical (unpaired) electrons. The highest BCUT2D eigenvalue weighted by molar-refractivity contribution is 7.22. The smallest absolute Gasteiger partial charge is 0.321 e. The minimum Gasteiger partial charge on any atom is -0.321 e. The molecule has 2 unspecified atom stereocenters. The van der Waals surface area contributed by atoms with Crippen molar-refractivity contribution in [2.75, 3.05) is 11.9 Å². The zero-order valence-electron chi connectivity index (χ0n) is 19.6. The van der Waals surface area contributed by atoms with Gasteiger partial charge in [-0.1, -0.05) is 91.1 Å². The molecule has 5 rings (SSSR count). The number of nitrogens with one attached hydrogen (secondary N) is 1. The third-order valence-corrected chi connectivity index (χ3v) is 7.89. The fraction of sp³-hybridized carbons (Fsp3) is 0.310. The first-order chi connectivity index (χ1) is 16.7. The third kappa shape index (κ3) is 5.15. The van der Waals surface area contributed by atoms with Gasteiger partial charge in [-0.3, -0.25) is 5.32 Å². The van der Waals surface area contributed by atoms with Crippen LogP contribution in [0.3, 0.4) is 0 Å². The van der Waals surface area contributed by atoms with Gasteiger partial charge in [-0.15, -0.1) is 0 Å². The van der Waals surface area contributed by atoms with Crippen molar-refractivity contribution < 1.29 is 4.79 Å². The maximum atomic E-state index is 13.6. The quantitative estimate of drug-likeness (QED) is 0.304. The number of amides is 2. The first-order valence-electron chi connectivity index (χ1n) is 12.2. The van der Waals surface area contributed by atoms with Crippen molar-refractivity contribution in [2.45, 2.75) is 44.6 Å².